The number of amides is 1. The second-order valence-corrected chi connectivity index (χ2v) is 5.15. The Labute approximate surface area is 135 Å². The molecule has 2 N–H and O–H groups in total. The molecule has 7 heteroatoms. The number of aromatic amines is 1. The molecule has 0 saturated carbocycles. The van der Waals surface area contributed by atoms with Crippen LogP contribution in [0, 0.1) is 0 Å². The Bertz CT molecular complexity index is 900. The van der Waals surface area contributed by atoms with Crippen LogP contribution in [0.4, 0.5) is 18.9 Å². The van der Waals surface area contributed by atoms with Crippen LogP contribution in [0.1, 0.15) is 15.9 Å². The number of rotatable bonds is 3. The highest BCUT2D eigenvalue weighted by Gasteiger charge is 2.31. The summed E-state index contributed by atoms with van der Waals surface area (Å²) in [5.41, 5.74) is 0.302. The van der Waals surface area contributed by atoms with E-state index in [0.717, 1.165) is 23.0 Å². The van der Waals surface area contributed by atoms with Crippen LogP contribution in [0.3, 0.4) is 0 Å². The van der Waals surface area contributed by atoms with Gasteiger partial charge in [0.2, 0.25) is 0 Å². The summed E-state index contributed by atoms with van der Waals surface area (Å²) in [7, 11) is 1.32. The minimum atomic E-state index is -4.50. The first-order valence-electron chi connectivity index (χ1n) is 7.02. The number of nitrogens with one attached hydrogen (secondary N) is 2. The lowest BCUT2D eigenvalue weighted by atomic mass is 10.1. The topological polar surface area (TPSA) is 54.1 Å². The molecule has 0 fully saturated rings. The molecule has 24 heavy (non-hydrogen) atoms. The van der Waals surface area contributed by atoms with Gasteiger partial charge in [0, 0.05) is 22.7 Å². The number of hydrogen-bond donors (Lipinski definition) is 2. The number of carbonyl (C=O) groups excluding carboxylic acids is 1. The first kappa shape index (κ1) is 15.9. The van der Waals surface area contributed by atoms with Crippen LogP contribution in [0.5, 0.6) is 5.75 Å². The van der Waals surface area contributed by atoms with E-state index < -0.39 is 17.6 Å². The Morgan fingerprint density at radius 1 is 1.12 bits per heavy atom. The number of aromatic nitrogens is 1. The Morgan fingerprint density at radius 3 is 2.62 bits per heavy atom. The smallest absolute Gasteiger partial charge is 0.416 e. The second-order valence-electron chi connectivity index (χ2n) is 5.15. The van der Waals surface area contributed by atoms with E-state index >= 15 is 0 Å². The maximum atomic E-state index is 12.8. The van der Waals surface area contributed by atoms with E-state index in [1.165, 1.54) is 13.2 Å². The van der Waals surface area contributed by atoms with Crippen molar-refractivity contribution in [2.75, 3.05) is 12.4 Å². The molecule has 0 bridgehead atoms. The first-order valence-corrected chi connectivity index (χ1v) is 7.02. The van der Waals surface area contributed by atoms with Gasteiger partial charge in [-0.1, -0.05) is 0 Å². The molecule has 4 nitrogen and oxygen atoms in total. The summed E-state index contributed by atoms with van der Waals surface area (Å²) in [4.78, 5) is 15.4. The molecule has 0 spiro atoms. The number of ether oxygens (including phenoxy) is 1. The van der Waals surface area contributed by atoms with Crippen molar-refractivity contribution < 1.29 is 22.7 Å². The van der Waals surface area contributed by atoms with Crippen molar-refractivity contribution in [3.8, 4) is 5.75 Å². The predicted octanol–water partition coefficient (Wildman–Crippen LogP) is 4.45. The fourth-order valence-corrected chi connectivity index (χ4v) is 2.37. The monoisotopic (exact) mass is 334 g/mol. The Balaban J connectivity index is 1.92. The van der Waals surface area contributed by atoms with Crippen LogP contribution in [-0.2, 0) is 6.18 Å². The summed E-state index contributed by atoms with van der Waals surface area (Å²) < 4.78 is 43.6. The standard InChI is InChI=1S/C17H13F3N2O2/c1-24-15-5-3-12(17(18,19)20)9-14(15)22-16(23)11-2-4-13-10(8-11)6-7-21-13/h2-9,21H,1H3,(H,22,23). The fraction of sp³-hybridized carbons (Fsp3) is 0.118. The van der Waals surface area contributed by atoms with Gasteiger partial charge in [0.15, 0.2) is 0 Å². The molecule has 0 aliphatic heterocycles. The van der Waals surface area contributed by atoms with Gasteiger partial charge in [-0.2, -0.15) is 13.2 Å². The quantitative estimate of drug-likeness (QED) is 0.744. The summed E-state index contributed by atoms with van der Waals surface area (Å²) in [6, 6.07) is 9.71. The zero-order valence-corrected chi connectivity index (χ0v) is 12.6. The molecule has 1 aromatic heterocycles. The maximum Gasteiger partial charge on any atom is 0.416 e. The van der Waals surface area contributed by atoms with Gasteiger partial charge in [0.05, 0.1) is 18.4 Å². The number of alkyl halides is 3. The summed E-state index contributed by atoms with van der Waals surface area (Å²) >= 11 is 0. The van der Waals surface area contributed by atoms with Crippen LogP contribution in [0.2, 0.25) is 0 Å². The van der Waals surface area contributed by atoms with Gasteiger partial charge in [-0.3, -0.25) is 4.79 Å². The van der Waals surface area contributed by atoms with Gasteiger partial charge in [0.1, 0.15) is 5.75 Å². The molecule has 0 atom stereocenters. The van der Waals surface area contributed by atoms with Gasteiger partial charge < -0.3 is 15.0 Å². The molecule has 0 aliphatic rings. The molecular weight excluding hydrogens is 321 g/mol. The Hall–Kier alpha value is -2.96. The third-order valence-electron chi connectivity index (χ3n) is 3.59. The number of anilines is 1. The van der Waals surface area contributed by atoms with E-state index in [1.54, 1.807) is 30.5 Å². The van der Waals surface area contributed by atoms with Gasteiger partial charge in [-0.25, -0.2) is 0 Å². The zero-order chi connectivity index (χ0) is 17.3. The van der Waals surface area contributed by atoms with Crippen molar-refractivity contribution in [2.45, 2.75) is 6.18 Å². The van der Waals surface area contributed by atoms with E-state index in [0.29, 0.717) is 5.56 Å². The largest absolute Gasteiger partial charge is 0.495 e. The van der Waals surface area contributed by atoms with Gasteiger partial charge in [-0.15, -0.1) is 0 Å². The van der Waals surface area contributed by atoms with Gasteiger partial charge >= 0.3 is 6.18 Å². The van der Waals surface area contributed by atoms with Crippen LogP contribution >= 0.6 is 0 Å². The minimum Gasteiger partial charge on any atom is -0.495 e. The van der Waals surface area contributed by atoms with Crippen molar-refractivity contribution in [1.29, 1.82) is 0 Å². The highest BCUT2D eigenvalue weighted by atomic mass is 19.4. The third kappa shape index (κ3) is 3.05. The van der Waals surface area contributed by atoms with Crippen molar-refractivity contribution in [2.24, 2.45) is 0 Å². The van der Waals surface area contributed by atoms with Crippen molar-refractivity contribution in [1.82, 2.24) is 4.98 Å². The molecule has 124 valence electrons. The predicted molar refractivity (Wildman–Crippen MR) is 84.2 cm³/mol. The number of carbonyl (C=O) groups is 1. The number of H-pyrrole nitrogens is 1. The minimum absolute atomic E-state index is 0.0357. The zero-order valence-electron chi connectivity index (χ0n) is 12.6. The first-order chi connectivity index (χ1) is 11.4. The lowest BCUT2D eigenvalue weighted by Gasteiger charge is -2.13. The molecular formula is C17H13F3N2O2. The van der Waals surface area contributed by atoms with E-state index in [4.69, 9.17) is 4.74 Å². The number of fused-ring (bicyclic) bond motifs is 1. The van der Waals surface area contributed by atoms with Crippen LogP contribution in [-0.4, -0.2) is 18.0 Å². The number of halogens is 3. The highest BCUT2D eigenvalue weighted by Crippen LogP contribution is 2.35. The van der Waals surface area contributed by atoms with Crippen molar-refractivity contribution in [3.63, 3.8) is 0 Å². The van der Waals surface area contributed by atoms with Crippen LogP contribution in [0.15, 0.2) is 48.7 Å². The summed E-state index contributed by atoms with van der Waals surface area (Å²) in [5.74, 6) is -0.366. The lowest BCUT2D eigenvalue weighted by Crippen LogP contribution is -2.14. The molecule has 0 unspecified atom stereocenters. The van der Waals surface area contributed by atoms with Crippen molar-refractivity contribution in [3.05, 3.63) is 59.8 Å². The maximum absolute atomic E-state index is 12.8. The van der Waals surface area contributed by atoms with Crippen LogP contribution in [0.25, 0.3) is 10.9 Å². The van der Waals surface area contributed by atoms with Gasteiger partial charge in [0.25, 0.3) is 5.91 Å². The third-order valence-corrected chi connectivity index (χ3v) is 3.59. The molecule has 3 rings (SSSR count). The van der Waals surface area contributed by atoms with E-state index in [9.17, 15) is 18.0 Å². The van der Waals surface area contributed by atoms with E-state index in [1.807, 2.05) is 0 Å². The van der Waals surface area contributed by atoms with Gasteiger partial charge in [-0.05, 0) is 42.5 Å². The van der Waals surface area contributed by atoms with Crippen LogP contribution < -0.4 is 10.1 Å². The molecule has 0 saturated heterocycles. The number of hydrogen-bond acceptors (Lipinski definition) is 2. The normalized spacial score (nSPS) is 11.5. The van der Waals surface area contributed by atoms with Crippen molar-refractivity contribution >= 4 is 22.5 Å². The molecule has 3 aromatic rings. The summed E-state index contributed by atoms with van der Waals surface area (Å²) in [6.07, 6.45) is -2.77. The lowest BCUT2D eigenvalue weighted by molar-refractivity contribution is -0.137. The summed E-state index contributed by atoms with van der Waals surface area (Å²) in [5, 5.41) is 3.31. The molecule has 0 radical (unpaired) electrons. The van der Waals surface area contributed by atoms with E-state index in [-0.39, 0.29) is 11.4 Å². The summed E-state index contributed by atoms with van der Waals surface area (Å²) in [6.45, 7) is 0. The fourth-order valence-electron chi connectivity index (χ4n) is 2.37. The number of benzene rings is 2. The highest BCUT2D eigenvalue weighted by molar-refractivity contribution is 6.06. The molecule has 1 amide bonds. The number of methoxy groups -OCH3 is 1. The average molecular weight is 334 g/mol. The molecule has 1 heterocycles. The Kier molecular flexibility index (Phi) is 3.92. The SMILES string of the molecule is COc1ccc(C(F)(F)F)cc1NC(=O)c1ccc2[nH]ccc2c1. The molecule has 0 aliphatic carbocycles. The average Bonchev–Trinajstić information content (AvgIpc) is 3.01. The van der Waals surface area contributed by atoms with E-state index in [2.05, 4.69) is 10.3 Å². The molecule has 2 aromatic carbocycles. The Morgan fingerprint density at radius 2 is 1.92 bits per heavy atom. The second kappa shape index (κ2) is 5.92.